The van der Waals surface area contributed by atoms with Crippen LogP contribution >= 0.6 is 0 Å². The van der Waals surface area contributed by atoms with Gasteiger partial charge in [0.25, 0.3) is 0 Å². The summed E-state index contributed by atoms with van der Waals surface area (Å²) in [7, 11) is 0. The monoisotopic (exact) mass is 223 g/mol. The molecule has 0 aliphatic rings. The van der Waals surface area contributed by atoms with Crippen molar-refractivity contribution in [2.24, 2.45) is 5.92 Å². The Hall–Kier alpha value is -0.900. The topological polar surface area (TPSA) is 52.5 Å². The molecule has 16 heavy (non-hydrogen) atoms. The zero-order valence-electron chi connectivity index (χ0n) is 9.98. The molecule has 0 bridgehead atoms. The Bertz CT molecular complexity index is 302. The highest BCUT2D eigenvalue weighted by atomic mass is 16.3. The van der Waals surface area contributed by atoms with Gasteiger partial charge in [0.05, 0.1) is 12.1 Å². The Balaban J connectivity index is 2.70. The number of nitrogens with one attached hydrogen (secondary N) is 1. The van der Waals surface area contributed by atoms with Crippen LogP contribution < -0.4 is 5.32 Å². The molecule has 0 saturated carbocycles. The highest BCUT2D eigenvalue weighted by Crippen LogP contribution is 2.19. The molecule has 0 aromatic heterocycles. The van der Waals surface area contributed by atoms with E-state index in [1.54, 1.807) is 0 Å². The molecule has 0 amide bonds. The van der Waals surface area contributed by atoms with Gasteiger partial charge in [-0.2, -0.15) is 0 Å². The zero-order valence-corrected chi connectivity index (χ0v) is 9.98. The molecule has 3 heteroatoms. The summed E-state index contributed by atoms with van der Waals surface area (Å²) < 4.78 is 0. The van der Waals surface area contributed by atoms with Crippen LogP contribution in [0.1, 0.15) is 19.4 Å². The number of aliphatic hydroxyl groups is 2. The highest BCUT2D eigenvalue weighted by Gasteiger charge is 2.25. The zero-order chi connectivity index (χ0) is 12.0. The summed E-state index contributed by atoms with van der Waals surface area (Å²) in [6.07, 6.45) is 0. The fourth-order valence-corrected chi connectivity index (χ4v) is 1.52. The van der Waals surface area contributed by atoms with Gasteiger partial charge < -0.3 is 15.5 Å². The highest BCUT2D eigenvalue weighted by molar-refractivity contribution is 5.23. The van der Waals surface area contributed by atoms with Crippen molar-refractivity contribution in [1.82, 2.24) is 5.32 Å². The summed E-state index contributed by atoms with van der Waals surface area (Å²) in [4.78, 5) is 0. The predicted octanol–water partition coefficient (Wildman–Crippen LogP) is 1.11. The van der Waals surface area contributed by atoms with Crippen LogP contribution in [0, 0.1) is 5.92 Å². The van der Waals surface area contributed by atoms with Gasteiger partial charge >= 0.3 is 0 Å². The maximum atomic E-state index is 9.50. The van der Waals surface area contributed by atoms with E-state index >= 15 is 0 Å². The normalized spacial score (nSPS) is 16.8. The molecule has 90 valence electrons. The van der Waals surface area contributed by atoms with Crippen molar-refractivity contribution in [2.75, 3.05) is 19.8 Å². The van der Waals surface area contributed by atoms with Crippen molar-refractivity contribution in [2.45, 2.75) is 19.4 Å². The SMILES string of the molecule is CC(CO)CNC(C)(CO)c1ccccc1. The molecule has 2 unspecified atom stereocenters. The third-order valence-corrected chi connectivity index (χ3v) is 2.88. The van der Waals surface area contributed by atoms with Gasteiger partial charge in [-0.1, -0.05) is 37.3 Å². The van der Waals surface area contributed by atoms with Crippen LogP contribution in [0.25, 0.3) is 0 Å². The van der Waals surface area contributed by atoms with Crippen molar-refractivity contribution in [3.05, 3.63) is 35.9 Å². The van der Waals surface area contributed by atoms with Crippen LogP contribution in [0.5, 0.6) is 0 Å². The second-order valence-electron chi connectivity index (χ2n) is 4.52. The van der Waals surface area contributed by atoms with E-state index in [0.717, 1.165) is 5.56 Å². The fourth-order valence-electron chi connectivity index (χ4n) is 1.52. The van der Waals surface area contributed by atoms with Crippen LogP contribution in [-0.2, 0) is 5.54 Å². The number of hydrogen-bond acceptors (Lipinski definition) is 3. The van der Waals surface area contributed by atoms with Gasteiger partial charge in [0.15, 0.2) is 0 Å². The first-order chi connectivity index (χ1) is 7.62. The van der Waals surface area contributed by atoms with E-state index in [0.29, 0.717) is 6.54 Å². The van der Waals surface area contributed by atoms with E-state index < -0.39 is 5.54 Å². The molecule has 3 nitrogen and oxygen atoms in total. The molecule has 1 rings (SSSR count). The molecule has 0 aliphatic carbocycles. The summed E-state index contributed by atoms with van der Waals surface area (Å²) in [5.41, 5.74) is 0.618. The van der Waals surface area contributed by atoms with Gasteiger partial charge in [-0.25, -0.2) is 0 Å². The molecule has 0 spiro atoms. The van der Waals surface area contributed by atoms with Crippen molar-refractivity contribution >= 4 is 0 Å². The molecular weight excluding hydrogens is 202 g/mol. The molecule has 3 N–H and O–H groups in total. The third-order valence-electron chi connectivity index (χ3n) is 2.88. The Morgan fingerprint density at radius 3 is 2.38 bits per heavy atom. The van der Waals surface area contributed by atoms with Gasteiger partial charge in [0.2, 0.25) is 0 Å². The molecule has 0 saturated heterocycles. The van der Waals surface area contributed by atoms with E-state index in [-0.39, 0.29) is 19.1 Å². The summed E-state index contributed by atoms with van der Waals surface area (Å²) in [6.45, 7) is 4.81. The van der Waals surface area contributed by atoms with Crippen molar-refractivity contribution in [3.63, 3.8) is 0 Å². The minimum atomic E-state index is -0.440. The molecule has 1 aromatic carbocycles. The number of aliphatic hydroxyl groups excluding tert-OH is 2. The molecule has 2 atom stereocenters. The van der Waals surface area contributed by atoms with Gasteiger partial charge in [-0.15, -0.1) is 0 Å². The van der Waals surface area contributed by atoms with Gasteiger partial charge in [-0.05, 0) is 18.4 Å². The Morgan fingerprint density at radius 2 is 1.88 bits per heavy atom. The second kappa shape index (κ2) is 5.99. The van der Waals surface area contributed by atoms with E-state index in [1.165, 1.54) is 0 Å². The second-order valence-corrected chi connectivity index (χ2v) is 4.52. The number of benzene rings is 1. The molecule has 0 aliphatic heterocycles. The quantitative estimate of drug-likeness (QED) is 0.677. The average molecular weight is 223 g/mol. The first-order valence-corrected chi connectivity index (χ1v) is 5.64. The third kappa shape index (κ3) is 3.30. The van der Waals surface area contributed by atoms with Crippen LogP contribution in [0.4, 0.5) is 0 Å². The lowest BCUT2D eigenvalue weighted by molar-refractivity contribution is 0.158. The number of rotatable bonds is 6. The maximum Gasteiger partial charge on any atom is 0.0652 e. The maximum absolute atomic E-state index is 9.50. The molecule has 0 fully saturated rings. The van der Waals surface area contributed by atoms with E-state index in [9.17, 15) is 5.11 Å². The average Bonchev–Trinajstić information content (AvgIpc) is 2.36. The Morgan fingerprint density at radius 1 is 1.25 bits per heavy atom. The summed E-state index contributed by atoms with van der Waals surface area (Å²) >= 11 is 0. The first-order valence-electron chi connectivity index (χ1n) is 5.64. The van der Waals surface area contributed by atoms with Crippen LogP contribution in [0.15, 0.2) is 30.3 Å². The Kier molecular flexibility index (Phi) is 4.93. The fraction of sp³-hybridized carbons (Fsp3) is 0.538. The Labute approximate surface area is 97.1 Å². The van der Waals surface area contributed by atoms with Crippen molar-refractivity contribution in [3.8, 4) is 0 Å². The van der Waals surface area contributed by atoms with Crippen LogP contribution in [-0.4, -0.2) is 30.0 Å². The van der Waals surface area contributed by atoms with Gasteiger partial charge in [0.1, 0.15) is 0 Å². The van der Waals surface area contributed by atoms with Crippen molar-refractivity contribution in [1.29, 1.82) is 0 Å². The summed E-state index contributed by atoms with van der Waals surface area (Å²) in [6, 6.07) is 9.86. The van der Waals surface area contributed by atoms with Gasteiger partial charge in [0, 0.05) is 13.2 Å². The lowest BCUT2D eigenvalue weighted by Crippen LogP contribution is -2.45. The molecule has 0 heterocycles. The minimum Gasteiger partial charge on any atom is -0.396 e. The minimum absolute atomic E-state index is 0.0369. The smallest absolute Gasteiger partial charge is 0.0652 e. The van der Waals surface area contributed by atoms with Crippen LogP contribution in [0.3, 0.4) is 0 Å². The van der Waals surface area contributed by atoms with E-state index in [2.05, 4.69) is 5.32 Å². The first kappa shape index (κ1) is 13.2. The lowest BCUT2D eigenvalue weighted by Gasteiger charge is -2.30. The standard InChI is InChI=1S/C13H21NO2/c1-11(9-15)8-14-13(2,10-16)12-6-4-3-5-7-12/h3-7,11,14-16H,8-10H2,1-2H3. The summed E-state index contributed by atoms with van der Waals surface area (Å²) in [5.74, 6) is 0.189. The summed E-state index contributed by atoms with van der Waals surface area (Å²) in [5, 5.41) is 21.8. The van der Waals surface area contributed by atoms with Crippen molar-refractivity contribution < 1.29 is 10.2 Å². The lowest BCUT2D eigenvalue weighted by atomic mass is 9.92. The molecule has 0 radical (unpaired) electrons. The van der Waals surface area contributed by atoms with Gasteiger partial charge in [-0.3, -0.25) is 0 Å². The number of hydrogen-bond donors (Lipinski definition) is 3. The molecular formula is C13H21NO2. The predicted molar refractivity (Wildman–Crippen MR) is 65.1 cm³/mol. The van der Waals surface area contributed by atoms with Crippen LogP contribution in [0.2, 0.25) is 0 Å². The molecule has 1 aromatic rings. The van der Waals surface area contributed by atoms with E-state index in [1.807, 2.05) is 44.2 Å². The largest absolute Gasteiger partial charge is 0.396 e. The van der Waals surface area contributed by atoms with E-state index in [4.69, 9.17) is 5.11 Å².